The molecule has 1 aliphatic heterocycles. The number of benzene rings is 1. The lowest BCUT2D eigenvalue weighted by molar-refractivity contribution is -0.158. The Bertz CT molecular complexity index is 970. The van der Waals surface area contributed by atoms with Crippen molar-refractivity contribution in [2.45, 2.75) is 49.3 Å². The Balaban J connectivity index is 1.44. The van der Waals surface area contributed by atoms with Crippen LogP contribution in [0.4, 0.5) is 0 Å². The molecule has 1 aliphatic carbocycles. The molecule has 3 amide bonds. The Labute approximate surface area is 183 Å². The number of nitrogens with zero attached hydrogens (tertiary/aromatic N) is 5. The molecule has 11 heteroatoms. The maximum absolute atomic E-state index is 13.1. The first-order chi connectivity index (χ1) is 15.0. The van der Waals surface area contributed by atoms with E-state index >= 15 is 0 Å². The van der Waals surface area contributed by atoms with Crippen molar-refractivity contribution in [1.82, 2.24) is 30.4 Å². The van der Waals surface area contributed by atoms with Gasteiger partial charge in [0, 0.05) is 0 Å². The minimum atomic E-state index is -0.918. The van der Waals surface area contributed by atoms with Gasteiger partial charge in [-0.15, -0.1) is 5.10 Å². The molecule has 1 aromatic carbocycles. The summed E-state index contributed by atoms with van der Waals surface area (Å²) in [6.45, 7) is 0.351. The van der Waals surface area contributed by atoms with Gasteiger partial charge in [-0.3, -0.25) is 19.7 Å². The number of nitrogens with one attached hydrogen (secondary N) is 1. The van der Waals surface area contributed by atoms with Crippen LogP contribution in [0.5, 0.6) is 5.75 Å². The maximum Gasteiger partial charge on any atom is 0.252 e. The van der Waals surface area contributed by atoms with Crippen LogP contribution in [0, 0.1) is 0 Å². The Morgan fingerprint density at radius 3 is 2.65 bits per heavy atom. The summed E-state index contributed by atoms with van der Waals surface area (Å²) in [5.74, 6) is -0.243. The molecule has 2 heterocycles. The van der Waals surface area contributed by atoms with Gasteiger partial charge in [0.25, 0.3) is 5.91 Å². The van der Waals surface area contributed by atoms with Gasteiger partial charge < -0.3 is 9.64 Å². The minimum absolute atomic E-state index is 0.0469. The minimum Gasteiger partial charge on any atom is -0.497 e. The second-order valence-corrected chi connectivity index (χ2v) is 8.65. The van der Waals surface area contributed by atoms with Crippen LogP contribution in [0.15, 0.2) is 29.4 Å². The molecule has 31 heavy (non-hydrogen) atoms. The predicted octanol–water partition coefficient (Wildman–Crippen LogP) is 1.01. The summed E-state index contributed by atoms with van der Waals surface area (Å²) in [4.78, 5) is 39.2. The molecular formula is C20H24N6O4S. The first-order valence-corrected chi connectivity index (χ1v) is 11.2. The van der Waals surface area contributed by atoms with Crippen molar-refractivity contribution in [3.8, 4) is 5.75 Å². The van der Waals surface area contributed by atoms with Crippen LogP contribution in [-0.4, -0.2) is 67.8 Å². The second-order valence-electron chi connectivity index (χ2n) is 7.71. The average Bonchev–Trinajstić information content (AvgIpc) is 3.23. The fourth-order valence-corrected chi connectivity index (χ4v) is 4.92. The normalized spacial score (nSPS) is 18.2. The lowest BCUT2D eigenvalue weighted by atomic mass is 9.78. The summed E-state index contributed by atoms with van der Waals surface area (Å²) >= 11 is 1.20. The lowest BCUT2D eigenvalue weighted by Gasteiger charge is -2.47. The van der Waals surface area contributed by atoms with E-state index in [9.17, 15) is 14.4 Å². The van der Waals surface area contributed by atoms with Crippen LogP contribution in [0.2, 0.25) is 0 Å². The van der Waals surface area contributed by atoms with Crippen molar-refractivity contribution in [3.63, 3.8) is 0 Å². The van der Waals surface area contributed by atoms with E-state index in [0.29, 0.717) is 24.5 Å². The van der Waals surface area contributed by atoms with Crippen molar-refractivity contribution in [3.05, 3.63) is 29.8 Å². The van der Waals surface area contributed by atoms with Crippen LogP contribution in [-0.2, 0) is 20.9 Å². The van der Waals surface area contributed by atoms with Gasteiger partial charge in [-0.25, -0.2) is 4.68 Å². The molecule has 1 aromatic heterocycles. The molecule has 1 saturated carbocycles. The summed E-state index contributed by atoms with van der Waals surface area (Å²) in [7, 11) is 1.61. The van der Waals surface area contributed by atoms with Crippen LogP contribution < -0.4 is 10.1 Å². The number of aromatic nitrogens is 4. The lowest BCUT2D eigenvalue weighted by Crippen LogP contribution is -2.69. The summed E-state index contributed by atoms with van der Waals surface area (Å²) in [6, 6.07) is 7.56. The van der Waals surface area contributed by atoms with Crippen LogP contribution in [0.3, 0.4) is 0 Å². The SMILES string of the molecule is COc1ccc(Cn2nnnc2SCC(=O)N2CC(=O)NC(=O)C23CCCCC3)cc1. The number of imide groups is 1. The van der Waals surface area contributed by atoms with Gasteiger partial charge in [0.05, 0.1) is 19.4 Å². The molecule has 2 aliphatic rings. The highest BCUT2D eigenvalue weighted by Gasteiger charge is 2.50. The molecule has 0 bridgehead atoms. The smallest absolute Gasteiger partial charge is 0.252 e. The molecule has 2 aromatic rings. The van der Waals surface area contributed by atoms with E-state index in [1.165, 1.54) is 16.7 Å². The van der Waals surface area contributed by atoms with Crippen molar-refractivity contribution >= 4 is 29.5 Å². The van der Waals surface area contributed by atoms with Gasteiger partial charge in [0.15, 0.2) is 0 Å². The number of amides is 3. The van der Waals surface area contributed by atoms with Crippen LogP contribution in [0.1, 0.15) is 37.7 Å². The summed E-state index contributed by atoms with van der Waals surface area (Å²) < 4.78 is 6.78. The Hall–Kier alpha value is -2.95. The van der Waals surface area contributed by atoms with Crippen LogP contribution >= 0.6 is 11.8 Å². The molecule has 0 unspecified atom stereocenters. The summed E-state index contributed by atoms with van der Waals surface area (Å²) in [5.41, 5.74) is 0.0690. The van der Waals surface area contributed by atoms with Crippen molar-refractivity contribution in [2.24, 2.45) is 0 Å². The zero-order valence-corrected chi connectivity index (χ0v) is 18.1. The predicted molar refractivity (Wildman–Crippen MR) is 111 cm³/mol. The Morgan fingerprint density at radius 2 is 1.94 bits per heavy atom. The first kappa shape index (κ1) is 21.3. The average molecular weight is 445 g/mol. The van der Waals surface area contributed by atoms with E-state index in [1.807, 2.05) is 24.3 Å². The summed E-state index contributed by atoms with van der Waals surface area (Å²) in [6.07, 6.45) is 3.91. The number of rotatable bonds is 6. The highest BCUT2D eigenvalue weighted by atomic mass is 32.2. The molecule has 0 radical (unpaired) electrons. The van der Waals surface area contributed by atoms with E-state index in [2.05, 4.69) is 20.8 Å². The number of hydrogen-bond donors (Lipinski definition) is 1. The molecule has 10 nitrogen and oxygen atoms in total. The monoisotopic (exact) mass is 444 g/mol. The van der Waals surface area contributed by atoms with Gasteiger partial charge in [0.2, 0.25) is 17.0 Å². The van der Waals surface area contributed by atoms with E-state index in [0.717, 1.165) is 30.6 Å². The van der Waals surface area contributed by atoms with Crippen LogP contribution in [0.25, 0.3) is 0 Å². The number of thioether (sulfide) groups is 1. The number of hydrogen-bond acceptors (Lipinski definition) is 8. The third-order valence-electron chi connectivity index (χ3n) is 5.79. The number of carbonyl (C=O) groups excluding carboxylic acids is 3. The number of piperazine rings is 1. The zero-order valence-electron chi connectivity index (χ0n) is 17.2. The van der Waals surface area contributed by atoms with E-state index in [-0.39, 0.29) is 24.1 Å². The summed E-state index contributed by atoms with van der Waals surface area (Å²) in [5, 5.41) is 14.7. The van der Waals surface area contributed by atoms with Crippen molar-refractivity contribution in [1.29, 1.82) is 0 Å². The quantitative estimate of drug-likeness (QED) is 0.518. The second kappa shape index (κ2) is 9.04. The van der Waals surface area contributed by atoms with Gasteiger partial charge in [-0.1, -0.05) is 43.2 Å². The third kappa shape index (κ3) is 4.41. The van der Waals surface area contributed by atoms with E-state index in [4.69, 9.17) is 4.74 Å². The molecule has 4 rings (SSSR count). The first-order valence-electron chi connectivity index (χ1n) is 10.2. The van der Waals surface area contributed by atoms with Gasteiger partial charge >= 0.3 is 0 Å². The molecule has 1 saturated heterocycles. The number of methoxy groups -OCH3 is 1. The molecule has 0 atom stereocenters. The number of ether oxygens (including phenoxy) is 1. The number of carbonyl (C=O) groups is 3. The topological polar surface area (TPSA) is 119 Å². The Morgan fingerprint density at radius 1 is 1.19 bits per heavy atom. The standard InChI is InChI=1S/C20H24N6O4S/c1-30-15-7-5-14(6-8-15)11-26-19(22-23-24-26)31-13-17(28)25-12-16(27)21-18(29)20(25)9-3-2-4-10-20/h5-8H,2-4,9-13H2,1H3,(H,21,27,29). The largest absolute Gasteiger partial charge is 0.497 e. The highest BCUT2D eigenvalue weighted by molar-refractivity contribution is 7.99. The fourth-order valence-electron chi connectivity index (χ4n) is 4.17. The van der Waals surface area contributed by atoms with Gasteiger partial charge in [-0.05, 0) is 41.0 Å². The van der Waals surface area contributed by atoms with Gasteiger partial charge in [0.1, 0.15) is 17.8 Å². The molecule has 1 N–H and O–H groups in total. The molecule has 2 fully saturated rings. The highest BCUT2D eigenvalue weighted by Crippen LogP contribution is 2.36. The van der Waals surface area contributed by atoms with Crippen molar-refractivity contribution in [2.75, 3.05) is 19.4 Å². The van der Waals surface area contributed by atoms with E-state index < -0.39 is 11.4 Å². The molecule has 1 spiro atoms. The van der Waals surface area contributed by atoms with Crippen molar-refractivity contribution < 1.29 is 19.1 Å². The molecule has 164 valence electrons. The fraction of sp³-hybridized carbons (Fsp3) is 0.500. The Kier molecular flexibility index (Phi) is 6.21. The van der Waals surface area contributed by atoms with Gasteiger partial charge in [-0.2, -0.15) is 0 Å². The third-order valence-corrected chi connectivity index (χ3v) is 6.73. The molecular weight excluding hydrogens is 420 g/mol. The number of tetrazole rings is 1. The maximum atomic E-state index is 13.1. The van der Waals surface area contributed by atoms with E-state index in [1.54, 1.807) is 11.8 Å². The zero-order chi connectivity index (χ0) is 21.8.